The van der Waals surface area contributed by atoms with Gasteiger partial charge in [0.25, 0.3) is 5.91 Å². The summed E-state index contributed by atoms with van der Waals surface area (Å²) < 4.78 is 4.65. The maximum absolute atomic E-state index is 11.7. The number of carbonyl (C=O) groups is 2. The lowest BCUT2D eigenvalue weighted by Crippen LogP contribution is -2.25. The SMILES string of the molecule is COC(=O)c1cccc(N2CC(C)=CC2=O)c1. The summed E-state index contributed by atoms with van der Waals surface area (Å²) in [6, 6.07) is 6.87. The summed E-state index contributed by atoms with van der Waals surface area (Å²) in [5.74, 6) is -0.451. The van der Waals surface area contributed by atoms with Crippen LogP contribution < -0.4 is 4.90 Å². The molecular weight excluding hydrogens is 218 g/mol. The number of hydrogen-bond donors (Lipinski definition) is 0. The smallest absolute Gasteiger partial charge is 0.337 e. The standard InChI is InChI=1S/C13H13NO3/c1-9-6-12(15)14(8-9)11-5-3-4-10(7-11)13(16)17-2/h3-7H,8H2,1-2H3. The number of carbonyl (C=O) groups excluding carboxylic acids is 2. The van der Waals surface area contributed by atoms with Gasteiger partial charge in [0.1, 0.15) is 0 Å². The molecule has 17 heavy (non-hydrogen) atoms. The van der Waals surface area contributed by atoms with Gasteiger partial charge in [0.15, 0.2) is 0 Å². The van der Waals surface area contributed by atoms with Crippen LogP contribution in [0.15, 0.2) is 35.9 Å². The molecular formula is C13H13NO3. The highest BCUT2D eigenvalue weighted by Crippen LogP contribution is 2.22. The second kappa shape index (κ2) is 4.41. The van der Waals surface area contributed by atoms with Crippen molar-refractivity contribution in [1.29, 1.82) is 0 Å². The fraction of sp³-hybridized carbons (Fsp3) is 0.231. The Morgan fingerprint density at radius 3 is 2.76 bits per heavy atom. The van der Waals surface area contributed by atoms with Crippen molar-refractivity contribution in [3.63, 3.8) is 0 Å². The molecule has 4 nitrogen and oxygen atoms in total. The first-order valence-corrected chi connectivity index (χ1v) is 5.29. The molecule has 0 saturated heterocycles. The molecule has 1 aliphatic rings. The zero-order valence-electron chi connectivity index (χ0n) is 9.77. The van der Waals surface area contributed by atoms with Crippen LogP contribution in [0.4, 0.5) is 5.69 Å². The van der Waals surface area contributed by atoms with Crippen LogP contribution >= 0.6 is 0 Å². The van der Waals surface area contributed by atoms with E-state index in [2.05, 4.69) is 4.74 Å². The van der Waals surface area contributed by atoms with Crippen molar-refractivity contribution in [2.24, 2.45) is 0 Å². The quantitative estimate of drug-likeness (QED) is 0.729. The molecule has 1 aromatic carbocycles. The van der Waals surface area contributed by atoms with Crippen LogP contribution in [0.25, 0.3) is 0 Å². The molecule has 0 radical (unpaired) electrons. The van der Waals surface area contributed by atoms with Crippen LogP contribution in [0, 0.1) is 0 Å². The number of rotatable bonds is 2. The number of esters is 1. The predicted molar refractivity (Wildman–Crippen MR) is 63.9 cm³/mol. The first kappa shape index (κ1) is 11.4. The fourth-order valence-corrected chi connectivity index (χ4v) is 1.80. The van der Waals surface area contributed by atoms with Crippen LogP contribution in [0.2, 0.25) is 0 Å². The van der Waals surface area contributed by atoms with Crippen molar-refractivity contribution in [3.8, 4) is 0 Å². The van der Waals surface area contributed by atoms with Crippen molar-refractivity contribution in [2.45, 2.75) is 6.92 Å². The molecule has 88 valence electrons. The molecule has 4 heteroatoms. The molecule has 2 rings (SSSR count). The molecule has 0 spiro atoms. The van der Waals surface area contributed by atoms with Gasteiger partial charge in [-0.3, -0.25) is 4.79 Å². The summed E-state index contributed by atoms with van der Waals surface area (Å²) in [6.45, 7) is 2.48. The summed E-state index contributed by atoms with van der Waals surface area (Å²) in [6.07, 6.45) is 1.60. The van der Waals surface area contributed by atoms with E-state index < -0.39 is 5.97 Å². The highest BCUT2D eigenvalue weighted by atomic mass is 16.5. The number of nitrogens with zero attached hydrogens (tertiary/aromatic N) is 1. The number of amides is 1. The van der Waals surface area contributed by atoms with Gasteiger partial charge in [-0.2, -0.15) is 0 Å². The molecule has 0 N–H and O–H groups in total. The second-order valence-corrected chi connectivity index (χ2v) is 3.96. The van der Waals surface area contributed by atoms with Gasteiger partial charge in [-0.05, 0) is 30.7 Å². The van der Waals surface area contributed by atoms with Gasteiger partial charge in [-0.1, -0.05) is 6.07 Å². The molecule has 0 bridgehead atoms. The molecule has 1 amide bonds. The molecule has 1 aliphatic heterocycles. The van der Waals surface area contributed by atoms with Gasteiger partial charge in [0.2, 0.25) is 0 Å². The largest absolute Gasteiger partial charge is 0.465 e. The van der Waals surface area contributed by atoms with E-state index in [1.165, 1.54) is 7.11 Å². The maximum Gasteiger partial charge on any atom is 0.337 e. The van der Waals surface area contributed by atoms with Crippen molar-refractivity contribution in [2.75, 3.05) is 18.6 Å². The number of benzene rings is 1. The molecule has 1 heterocycles. The van der Waals surface area contributed by atoms with E-state index in [0.29, 0.717) is 17.8 Å². The number of hydrogen-bond acceptors (Lipinski definition) is 3. The first-order valence-electron chi connectivity index (χ1n) is 5.29. The Morgan fingerprint density at radius 1 is 1.41 bits per heavy atom. The van der Waals surface area contributed by atoms with Crippen LogP contribution in [-0.4, -0.2) is 25.5 Å². The maximum atomic E-state index is 11.7. The third-order valence-corrected chi connectivity index (χ3v) is 2.62. The highest BCUT2D eigenvalue weighted by Gasteiger charge is 2.21. The Balaban J connectivity index is 2.29. The summed E-state index contributed by atoms with van der Waals surface area (Å²) in [7, 11) is 1.34. The first-order chi connectivity index (χ1) is 8.11. The van der Waals surface area contributed by atoms with Crippen LogP contribution in [0.3, 0.4) is 0 Å². The topological polar surface area (TPSA) is 46.6 Å². The molecule has 0 saturated carbocycles. The zero-order chi connectivity index (χ0) is 12.4. The van der Waals surface area contributed by atoms with Gasteiger partial charge in [-0.25, -0.2) is 4.79 Å². The summed E-state index contributed by atoms with van der Waals surface area (Å²) >= 11 is 0. The molecule has 0 aliphatic carbocycles. The normalized spacial score (nSPS) is 14.8. The Hall–Kier alpha value is -2.10. The van der Waals surface area contributed by atoms with E-state index in [-0.39, 0.29) is 5.91 Å². The van der Waals surface area contributed by atoms with E-state index >= 15 is 0 Å². The monoisotopic (exact) mass is 231 g/mol. The number of methoxy groups -OCH3 is 1. The highest BCUT2D eigenvalue weighted by molar-refractivity contribution is 6.05. The van der Waals surface area contributed by atoms with E-state index in [1.54, 1.807) is 35.2 Å². The molecule has 0 fully saturated rings. The second-order valence-electron chi connectivity index (χ2n) is 3.96. The summed E-state index contributed by atoms with van der Waals surface area (Å²) in [4.78, 5) is 24.7. The Labute approximate surface area is 99.5 Å². The molecule has 0 aromatic heterocycles. The van der Waals surface area contributed by atoms with Crippen molar-refractivity contribution >= 4 is 17.6 Å². The van der Waals surface area contributed by atoms with Crippen LogP contribution in [0.5, 0.6) is 0 Å². The van der Waals surface area contributed by atoms with Gasteiger partial charge < -0.3 is 9.64 Å². The average molecular weight is 231 g/mol. The third-order valence-electron chi connectivity index (χ3n) is 2.62. The minimum atomic E-state index is -0.400. The van der Waals surface area contributed by atoms with Gasteiger partial charge in [0, 0.05) is 18.3 Å². The molecule has 1 aromatic rings. The lowest BCUT2D eigenvalue weighted by molar-refractivity contribution is -0.113. The Morgan fingerprint density at radius 2 is 2.18 bits per heavy atom. The molecule has 0 atom stereocenters. The van der Waals surface area contributed by atoms with Crippen LogP contribution in [-0.2, 0) is 9.53 Å². The van der Waals surface area contributed by atoms with E-state index in [0.717, 1.165) is 5.57 Å². The van der Waals surface area contributed by atoms with Crippen LogP contribution in [0.1, 0.15) is 17.3 Å². The van der Waals surface area contributed by atoms with Gasteiger partial charge >= 0.3 is 5.97 Å². The minimum Gasteiger partial charge on any atom is -0.465 e. The van der Waals surface area contributed by atoms with Gasteiger partial charge in [-0.15, -0.1) is 0 Å². The van der Waals surface area contributed by atoms with Crippen molar-refractivity contribution in [3.05, 3.63) is 41.5 Å². The number of anilines is 1. The molecule has 0 unspecified atom stereocenters. The zero-order valence-corrected chi connectivity index (χ0v) is 9.77. The summed E-state index contributed by atoms with van der Waals surface area (Å²) in [5.41, 5.74) is 2.17. The summed E-state index contributed by atoms with van der Waals surface area (Å²) in [5, 5.41) is 0. The minimum absolute atomic E-state index is 0.0514. The van der Waals surface area contributed by atoms with E-state index in [9.17, 15) is 9.59 Å². The van der Waals surface area contributed by atoms with Crippen molar-refractivity contribution in [1.82, 2.24) is 0 Å². The lowest BCUT2D eigenvalue weighted by atomic mass is 10.2. The number of ether oxygens (including phenoxy) is 1. The fourth-order valence-electron chi connectivity index (χ4n) is 1.80. The third kappa shape index (κ3) is 2.20. The Bertz CT molecular complexity index is 505. The van der Waals surface area contributed by atoms with Gasteiger partial charge in [0.05, 0.1) is 12.7 Å². The van der Waals surface area contributed by atoms with E-state index in [1.807, 2.05) is 6.92 Å². The van der Waals surface area contributed by atoms with Crippen molar-refractivity contribution < 1.29 is 14.3 Å². The lowest BCUT2D eigenvalue weighted by Gasteiger charge is -2.16. The Kier molecular flexibility index (Phi) is 2.95. The average Bonchev–Trinajstić information content (AvgIpc) is 2.67. The van der Waals surface area contributed by atoms with E-state index in [4.69, 9.17) is 0 Å². The predicted octanol–water partition coefficient (Wildman–Crippen LogP) is 1.77.